The summed E-state index contributed by atoms with van der Waals surface area (Å²) in [7, 11) is -1.77. The van der Waals surface area contributed by atoms with Gasteiger partial charge in [-0.2, -0.15) is 0 Å². The normalized spacial score (nSPS) is 12.1. The maximum Gasteiger partial charge on any atom is 0.263 e. The zero-order chi connectivity index (χ0) is 17.3. The van der Waals surface area contributed by atoms with Gasteiger partial charge in [0, 0.05) is 28.6 Å². The molecular formula is C14H15N3O3S4. The van der Waals surface area contributed by atoms with Crippen molar-refractivity contribution < 1.29 is 8.42 Å². The highest BCUT2D eigenvalue weighted by molar-refractivity contribution is 7.99. The molecule has 0 spiro atoms. The highest BCUT2D eigenvalue weighted by atomic mass is 32.2. The molecule has 2 N–H and O–H groups in total. The summed E-state index contributed by atoms with van der Waals surface area (Å²) in [6.45, 7) is 0. The van der Waals surface area contributed by atoms with E-state index in [0.717, 1.165) is 10.4 Å². The van der Waals surface area contributed by atoms with Crippen LogP contribution in [0.1, 0.15) is 6.42 Å². The minimum atomic E-state index is -3.45. The second-order valence-corrected chi connectivity index (χ2v) is 9.74. The first-order chi connectivity index (χ1) is 11.4. The number of fused-ring (bicyclic) bond motifs is 1. The summed E-state index contributed by atoms with van der Waals surface area (Å²) in [5.74, 6) is 0.461. The van der Waals surface area contributed by atoms with Crippen LogP contribution in [0.25, 0.3) is 20.7 Å². The maximum absolute atomic E-state index is 12.7. The molecule has 0 fully saturated rings. The third-order valence-electron chi connectivity index (χ3n) is 3.37. The van der Waals surface area contributed by atoms with Gasteiger partial charge in [0.05, 0.1) is 11.1 Å². The van der Waals surface area contributed by atoms with E-state index >= 15 is 0 Å². The zero-order valence-corrected chi connectivity index (χ0v) is 16.0. The summed E-state index contributed by atoms with van der Waals surface area (Å²) in [6.07, 6.45) is 0.419. The smallest absolute Gasteiger partial charge is 0.263 e. The minimum absolute atomic E-state index is 0.0717. The molecule has 3 rings (SSSR count). The van der Waals surface area contributed by atoms with Crippen LogP contribution >= 0.6 is 34.4 Å². The number of hydrogen-bond donors (Lipinski definition) is 1. The van der Waals surface area contributed by atoms with Crippen molar-refractivity contribution in [1.29, 1.82) is 0 Å². The Morgan fingerprint density at radius 2 is 2.17 bits per heavy atom. The standard InChI is InChI=1S/C14H15N3O3S4/c1-17-13(18)11-9(10-4-2-5-21-10)8-23-12(11)16-14(17)22-6-3-7-24(15,19)20/h2,4-5,8H,3,6-7H2,1H3,(H2,15,19,20). The topological polar surface area (TPSA) is 95.1 Å². The van der Waals surface area contributed by atoms with Gasteiger partial charge in [-0.15, -0.1) is 22.7 Å². The number of primary sulfonamides is 1. The molecule has 10 heteroatoms. The van der Waals surface area contributed by atoms with Crippen molar-refractivity contribution >= 4 is 54.7 Å². The molecule has 0 aliphatic heterocycles. The van der Waals surface area contributed by atoms with Gasteiger partial charge in [0.2, 0.25) is 10.0 Å². The number of sulfonamides is 1. The van der Waals surface area contributed by atoms with Crippen LogP contribution in [0, 0.1) is 0 Å². The molecule has 0 bridgehead atoms. The van der Waals surface area contributed by atoms with Gasteiger partial charge < -0.3 is 0 Å². The molecular weight excluding hydrogens is 386 g/mol. The average Bonchev–Trinajstić information content (AvgIpc) is 3.16. The predicted molar refractivity (Wildman–Crippen MR) is 101 cm³/mol. The van der Waals surface area contributed by atoms with Gasteiger partial charge in [-0.05, 0) is 17.9 Å². The molecule has 0 saturated carbocycles. The van der Waals surface area contributed by atoms with Crippen LogP contribution in [0.4, 0.5) is 0 Å². The fraction of sp³-hybridized carbons (Fsp3) is 0.286. The lowest BCUT2D eigenvalue weighted by Crippen LogP contribution is -2.20. The van der Waals surface area contributed by atoms with E-state index in [1.807, 2.05) is 22.9 Å². The highest BCUT2D eigenvalue weighted by Crippen LogP contribution is 2.34. The lowest BCUT2D eigenvalue weighted by atomic mass is 10.2. The van der Waals surface area contributed by atoms with Crippen molar-refractivity contribution in [2.24, 2.45) is 12.2 Å². The van der Waals surface area contributed by atoms with Crippen LogP contribution in [0.2, 0.25) is 0 Å². The van der Waals surface area contributed by atoms with Crippen molar-refractivity contribution in [2.75, 3.05) is 11.5 Å². The van der Waals surface area contributed by atoms with Gasteiger partial charge in [0.15, 0.2) is 5.16 Å². The number of aromatic nitrogens is 2. The van der Waals surface area contributed by atoms with E-state index in [1.165, 1.54) is 27.7 Å². The molecule has 0 atom stereocenters. The van der Waals surface area contributed by atoms with E-state index < -0.39 is 10.0 Å². The van der Waals surface area contributed by atoms with Crippen molar-refractivity contribution in [3.8, 4) is 10.4 Å². The Kier molecular flexibility index (Phi) is 5.11. The molecule has 3 aromatic heterocycles. The molecule has 0 aliphatic carbocycles. The third-order valence-corrected chi connectivity index (χ3v) is 7.11. The SMILES string of the molecule is Cn1c(SCCCS(N)(=O)=O)nc2scc(-c3cccs3)c2c1=O. The fourth-order valence-corrected chi connectivity index (χ4v) is 5.66. The predicted octanol–water partition coefficient (Wildman–Crippen LogP) is 2.49. The second-order valence-electron chi connectivity index (χ2n) is 5.13. The van der Waals surface area contributed by atoms with Crippen LogP contribution in [-0.4, -0.2) is 29.5 Å². The Morgan fingerprint density at radius 3 is 2.83 bits per heavy atom. The molecule has 6 nitrogen and oxygen atoms in total. The van der Waals surface area contributed by atoms with Crippen LogP contribution in [0.5, 0.6) is 0 Å². The maximum atomic E-state index is 12.7. The van der Waals surface area contributed by atoms with Crippen LogP contribution in [0.15, 0.2) is 32.8 Å². The molecule has 0 unspecified atom stereocenters. The monoisotopic (exact) mass is 401 g/mol. The van der Waals surface area contributed by atoms with Gasteiger partial charge >= 0.3 is 0 Å². The largest absolute Gasteiger partial charge is 0.290 e. The Bertz CT molecular complexity index is 1020. The number of nitrogens with two attached hydrogens (primary N) is 1. The molecule has 0 aromatic carbocycles. The number of hydrogen-bond acceptors (Lipinski definition) is 7. The van der Waals surface area contributed by atoms with Crippen LogP contribution in [-0.2, 0) is 17.1 Å². The summed E-state index contributed by atoms with van der Waals surface area (Å²) < 4.78 is 23.4. The van der Waals surface area contributed by atoms with Crippen molar-refractivity contribution in [3.63, 3.8) is 0 Å². The van der Waals surface area contributed by atoms with Gasteiger partial charge in [-0.3, -0.25) is 9.36 Å². The molecule has 0 saturated heterocycles. The van der Waals surface area contributed by atoms with Gasteiger partial charge in [0.1, 0.15) is 4.83 Å². The number of rotatable bonds is 6. The van der Waals surface area contributed by atoms with Gasteiger partial charge in [-0.1, -0.05) is 17.8 Å². The second kappa shape index (κ2) is 6.96. The molecule has 0 aliphatic rings. The first-order valence-corrected chi connectivity index (χ1v) is 11.5. The lowest BCUT2D eigenvalue weighted by Gasteiger charge is -2.07. The lowest BCUT2D eigenvalue weighted by molar-refractivity contribution is 0.596. The Hall–Kier alpha value is -1.20. The quantitative estimate of drug-likeness (QED) is 0.389. The third kappa shape index (κ3) is 3.72. The number of thiophene rings is 2. The summed E-state index contributed by atoms with van der Waals surface area (Å²) >= 11 is 4.40. The Balaban J connectivity index is 1.89. The molecule has 3 aromatic rings. The summed E-state index contributed by atoms with van der Waals surface area (Å²) in [4.78, 5) is 19.0. The van der Waals surface area contributed by atoms with Crippen molar-refractivity contribution in [3.05, 3.63) is 33.2 Å². The summed E-state index contributed by atoms with van der Waals surface area (Å²) in [5, 5.41) is 10.1. The van der Waals surface area contributed by atoms with E-state index in [2.05, 4.69) is 4.98 Å². The van der Waals surface area contributed by atoms with E-state index in [1.54, 1.807) is 18.4 Å². The molecule has 24 heavy (non-hydrogen) atoms. The molecule has 128 valence electrons. The van der Waals surface area contributed by atoms with E-state index in [9.17, 15) is 13.2 Å². The van der Waals surface area contributed by atoms with Gasteiger partial charge in [-0.25, -0.2) is 18.5 Å². The highest BCUT2D eigenvalue weighted by Gasteiger charge is 2.16. The zero-order valence-electron chi connectivity index (χ0n) is 12.8. The molecule has 0 radical (unpaired) electrons. The first-order valence-electron chi connectivity index (χ1n) is 7.02. The molecule has 0 amide bonds. The number of nitrogens with zero attached hydrogens (tertiary/aromatic N) is 2. The van der Waals surface area contributed by atoms with E-state index in [4.69, 9.17) is 5.14 Å². The van der Waals surface area contributed by atoms with E-state index in [0.29, 0.717) is 27.5 Å². The minimum Gasteiger partial charge on any atom is -0.290 e. The first kappa shape index (κ1) is 17.6. The summed E-state index contributed by atoms with van der Waals surface area (Å²) in [6, 6.07) is 3.94. The van der Waals surface area contributed by atoms with Crippen molar-refractivity contribution in [1.82, 2.24) is 9.55 Å². The summed E-state index contributed by atoms with van der Waals surface area (Å²) in [5.41, 5.74) is 0.836. The van der Waals surface area contributed by atoms with Crippen LogP contribution in [0.3, 0.4) is 0 Å². The fourth-order valence-electron chi connectivity index (χ4n) is 2.22. The van der Waals surface area contributed by atoms with Gasteiger partial charge in [0.25, 0.3) is 5.56 Å². The van der Waals surface area contributed by atoms with Crippen LogP contribution < -0.4 is 10.7 Å². The number of thioether (sulfide) groups is 1. The Labute approximate surface area is 151 Å². The molecule has 3 heterocycles. The van der Waals surface area contributed by atoms with E-state index in [-0.39, 0.29) is 11.3 Å². The van der Waals surface area contributed by atoms with Crippen molar-refractivity contribution in [2.45, 2.75) is 11.6 Å². The average molecular weight is 402 g/mol. The Morgan fingerprint density at radius 1 is 1.38 bits per heavy atom.